The molecule has 45 heavy (non-hydrogen) atoms. The summed E-state index contributed by atoms with van der Waals surface area (Å²) >= 11 is 0. The highest BCUT2D eigenvalue weighted by Gasteiger charge is 2.35. The summed E-state index contributed by atoms with van der Waals surface area (Å²) in [5, 5.41) is 11.9. The topological polar surface area (TPSA) is 62.5 Å². The van der Waals surface area contributed by atoms with Gasteiger partial charge in [0.15, 0.2) is 17.5 Å². The lowest BCUT2D eigenvalue weighted by Gasteiger charge is -2.22. The molecule has 1 aliphatic carbocycles. The SMILES string of the molecule is CC1(C)c2ccc(C#N)cc2-c2ccc(-c3ccccc3-c3nc(-c4ccccc4)nc(-c4ccc5ccccc5c4)n3)cc21. The van der Waals surface area contributed by atoms with E-state index in [1.54, 1.807) is 0 Å². The predicted molar refractivity (Wildman–Crippen MR) is 181 cm³/mol. The Morgan fingerprint density at radius 3 is 1.93 bits per heavy atom. The van der Waals surface area contributed by atoms with Crippen molar-refractivity contribution in [1.82, 2.24) is 15.0 Å². The zero-order valence-electron chi connectivity index (χ0n) is 25.0. The number of benzene rings is 6. The lowest BCUT2D eigenvalue weighted by Crippen LogP contribution is -2.15. The number of nitrogens with zero attached hydrogens (tertiary/aromatic N) is 4. The lowest BCUT2D eigenvalue weighted by atomic mass is 9.81. The van der Waals surface area contributed by atoms with Crippen molar-refractivity contribution in [1.29, 1.82) is 5.26 Å². The Morgan fingerprint density at radius 1 is 0.467 bits per heavy atom. The highest BCUT2D eigenvalue weighted by molar-refractivity contribution is 5.89. The standard InChI is InChI=1S/C41H28N4/c1-41(2)36-21-16-26(25-42)22-35(36)33-20-19-30(24-37(33)41)32-14-8-9-15-34(32)40-44-38(28-11-4-3-5-12-28)43-39(45-40)31-18-17-27-10-6-7-13-29(27)23-31/h3-24H,1-2H3. The third-order valence-corrected chi connectivity index (χ3v) is 8.96. The largest absolute Gasteiger partial charge is 0.208 e. The summed E-state index contributed by atoms with van der Waals surface area (Å²) in [6, 6.07) is 48.1. The van der Waals surface area contributed by atoms with Crippen LogP contribution in [0.2, 0.25) is 0 Å². The zero-order valence-corrected chi connectivity index (χ0v) is 25.0. The van der Waals surface area contributed by atoms with Crippen LogP contribution in [0.3, 0.4) is 0 Å². The maximum absolute atomic E-state index is 9.54. The lowest BCUT2D eigenvalue weighted by molar-refractivity contribution is 0.660. The number of aromatic nitrogens is 3. The van der Waals surface area contributed by atoms with Crippen molar-refractivity contribution in [2.45, 2.75) is 19.3 Å². The first-order chi connectivity index (χ1) is 22.0. The van der Waals surface area contributed by atoms with Gasteiger partial charge < -0.3 is 0 Å². The second kappa shape index (κ2) is 10.4. The van der Waals surface area contributed by atoms with Crippen molar-refractivity contribution in [3.63, 3.8) is 0 Å². The molecular formula is C41H28N4. The molecule has 8 rings (SSSR count). The van der Waals surface area contributed by atoms with E-state index >= 15 is 0 Å². The molecule has 0 atom stereocenters. The minimum absolute atomic E-state index is 0.194. The van der Waals surface area contributed by atoms with Crippen LogP contribution in [0.25, 0.3) is 67.2 Å². The molecule has 212 valence electrons. The predicted octanol–water partition coefficient (Wildman–Crippen LogP) is 9.87. The molecule has 0 amide bonds. The van der Waals surface area contributed by atoms with Gasteiger partial charge in [0.25, 0.3) is 0 Å². The van der Waals surface area contributed by atoms with Crippen molar-refractivity contribution in [2.24, 2.45) is 0 Å². The number of rotatable bonds is 4. The normalized spacial score (nSPS) is 12.8. The van der Waals surface area contributed by atoms with Crippen molar-refractivity contribution >= 4 is 10.8 Å². The van der Waals surface area contributed by atoms with Gasteiger partial charge in [-0.2, -0.15) is 5.26 Å². The van der Waals surface area contributed by atoms with Crippen LogP contribution in [0.15, 0.2) is 133 Å². The monoisotopic (exact) mass is 576 g/mol. The highest BCUT2D eigenvalue weighted by atomic mass is 15.0. The van der Waals surface area contributed by atoms with Crippen LogP contribution in [0.5, 0.6) is 0 Å². The van der Waals surface area contributed by atoms with E-state index in [0.29, 0.717) is 23.0 Å². The van der Waals surface area contributed by atoms with Crippen LogP contribution >= 0.6 is 0 Å². The van der Waals surface area contributed by atoms with Crippen LogP contribution in [0, 0.1) is 11.3 Å². The molecule has 7 aromatic rings. The van der Waals surface area contributed by atoms with Gasteiger partial charge in [-0.25, -0.2) is 15.0 Å². The summed E-state index contributed by atoms with van der Waals surface area (Å²) < 4.78 is 0. The molecule has 0 fully saturated rings. The van der Waals surface area contributed by atoms with Crippen molar-refractivity contribution in [2.75, 3.05) is 0 Å². The Hall–Kier alpha value is -5.92. The second-order valence-electron chi connectivity index (χ2n) is 12.0. The molecule has 6 aromatic carbocycles. The molecule has 0 saturated carbocycles. The fourth-order valence-corrected chi connectivity index (χ4v) is 6.59. The maximum atomic E-state index is 9.54. The van der Waals surface area contributed by atoms with Crippen molar-refractivity contribution < 1.29 is 0 Å². The van der Waals surface area contributed by atoms with E-state index in [1.165, 1.54) is 22.1 Å². The van der Waals surface area contributed by atoms with Crippen LogP contribution in [0.1, 0.15) is 30.5 Å². The maximum Gasteiger partial charge on any atom is 0.164 e. The van der Waals surface area contributed by atoms with Crippen LogP contribution in [-0.2, 0) is 5.41 Å². The molecule has 0 spiro atoms. The molecule has 0 N–H and O–H groups in total. The smallest absolute Gasteiger partial charge is 0.164 e. The van der Waals surface area contributed by atoms with Crippen LogP contribution in [-0.4, -0.2) is 15.0 Å². The average Bonchev–Trinajstić information content (AvgIpc) is 3.33. The first kappa shape index (κ1) is 26.7. The zero-order chi connectivity index (χ0) is 30.5. The molecule has 0 radical (unpaired) electrons. The number of fused-ring (bicyclic) bond motifs is 4. The van der Waals surface area contributed by atoms with E-state index < -0.39 is 0 Å². The molecule has 0 bridgehead atoms. The Labute approximate surface area is 262 Å². The molecule has 4 heteroatoms. The number of hydrogen-bond acceptors (Lipinski definition) is 4. The van der Waals surface area contributed by atoms with Crippen molar-refractivity contribution in [3.8, 4) is 62.5 Å². The van der Waals surface area contributed by atoms with E-state index in [9.17, 15) is 5.26 Å². The van der Waals surface area contributed by atoms with Crippen LogP contribution in [0.4, 0.5) is 0 Å². The Balaban J connectivity index is 1.30. The molecule has 1 aliphatic rings. The van der Waals surface area contributed by atoms with Gasteiger partial charge in [0, 0.05) is 22.1 Å². The fourth-order valence-electron chi connectivity index (χ4n) is 6.59. The summed E-state index contributed by atoms with van der Waals surface area (Å²) in [7, 11) is 0. The molecule has 4 nitrogen and oxygen atoms in total. The summed E-state index contributed by atoms with van der Waals surface area (Å²) in [6.07, 6.45) is 0. The molecule has 0 unspecified atom stereocenters. The quantitative estimate of drug-likeness (QED) is 0.209. The third kappa shape index (κ3) is 4.49. The third-order valence-electron chi connectivity index (χ3n) is 8.96. The second-order valence-corrected chi connectivity index (χ2v) is 12.0. The van der Waals surface area contributed by atoms with Gasteiger partial charge in [-0.3, -0.25) is 0 Å². The minimum atomic E-state index is -0.194. The first-order valence-electron chi connectivity index (χ1n) is 15.1. The van der Waals surface area contributed by atoms with Gasteiger partial charge in [0.05, 0.1) is 11.6 Å². The molecular weight excluding hydrogens is 548 g/mol. The number of hydrogen-bond donors (Lipinski definition) is 0. The van der Waals surface area contributed by atoms with E-state index in [-0.39, 0.29) is 5.41 Å². The summed E-state index contributed by atoms with van der Waals surface area (Å²) in [5.74, 6) is 1.90. The van der Waals surface area contributed by atoms with Crippen molar-refractivity contribution in [3.05, 3.63) is 150 Å². The summed E-state index contributed by atoms with van der Waals surface area (Å²) in [6.45, 7) is 4.51. The summed E-state index contributed by atoms with van der Waals surface area (Å²) in [4.78, 5) is 15.1. The van der Waals surface area contributed by atoms with E-state index in [1.807, 2.05) is 48.5 Å². The highest BCUT2D eigenvalue weighted by Crippen LogP contribution is 2.50. The van der Waals surface area contributed by atoms with Gasteiger partial charge in [-0.15, -0.1) is 0 Å². The fraction of sp³-hybridized carbons (Fsp3) is 0.0732. The Bertz CT molecular complexity index is 2310. The molecule has 0 saturated heterocycles. The van der Waals surface area contributed by atoms with Gasteiger partial charge in [0.1, 0.15) is 0 Å². The van der Waals surface area contributed by atoms with Gasteiger partial charge in [-0.05, 0) is 68.4 Å². The average molecular weight is 577 g/mol. The van der Waals surface area contributed by atoms with Crippen LogP contribution < -0.4 is 0 Å². The summed E-state index contributed by atoms with van der Waals surface area (Å²) in [5.41, 5.74) is 10.3. The van der Waals surface area contributed by atoms with E-state index in [0.717, 1.165) is 38.8 Å². The first-order valence-corrected chi connectivity index (χ1v) is 15.1. The van der Waals surface area contributed by atoms with E-state index in [4.69, 9.17) is 15.0 Å². The van der Waals surface area contributed by atoms with E-state index in [2.05, 4.69) is 105 Å². The van der Waals surface area contributed by atoms with Gasteiger partial charge in [-0.1, -0.05) is 123 Å². The Kier molecular flexibility index (Phi) is 6.15. The Morgan fingerprint density at radius 2 is 1.13 bits per heavy atom. The molecule has 1 heterocycles. The molecule has 1 aromatic heterocycles. The van der Waals surface area contributed by atoms with Gasteiger partial charge in [0.2, 0.25) is 0 Å². The minimum Gasteiger partial charge on any atom is -0.208 e. The van der Waals surface area contributed by atoms with Gasteiger partial charge >= 0.3 is 0 Å². The number of nitriles is 1. The molecule has 0 aliphatic heterocycles.